The predicted octanol–water partition coefficient (Wildman–Crippen LogP) is 2.91. The molecule has 1 aromatic carbocycles. The number of likely N-dealkylation sites (tertiary alicyclic amines) is 1. The fourth-order valence-electron chi connectivity index (χ4n) is 2.53. The van der Waals surface area contributed by atoms with E-state index in [0.29, 0.717) is 18.7 Å². The highest BCUT2D eigenvalue weighted by atomic mass is 35.7. The van der Waals surface area contributed by atoms with Gasteiger partial charge in [0.1, 0.15) is 10.7 Å². The van der Waals surface area contributed by atoms with Crippen LogP contribution in [0.25, 0.3) is 0 Å². The summed E-state index contributed by atoms with van der Waals surface area (Å²) in [6, 6.07) is 1.15. The normalized spacial score (nSPS) is 18.0. The van der Waals surface area contributed by atoms with Crippen molar-refractivity contribution < 1.29 is 22.0 Å². The van der Waals surface area contributed by atoms with Crippen LogP contribution in [-0.4, -0.2) is 31.3 Å². The molecule has 0 N–H and O–H groups in total. The van der Waals surface area contributed by atoms with Gasteiger partial charge in [-0.25, -0.2) is 17.2 Å². The highest BCUT2D eigenvalue weighted by Gasteiger charge is 2.37. The predicted molar refractivity (Wildman–Crippen MR) is 73.7 cm³/mol. The molecule has 1 aliphatic heterocycles. The summed E-state index contributed by atoms with van der Waals surface area (Å²) in [6.07, 6.45) is 1.48. The molecule has 0 unspecified atom stereocenters. The summed E-state index contributed by atoms with van der Waals surface area (Å²) in [5.74, 6) is -3.09. The van der Waals surface area contributed by atoms with Crippen molar-refractivity contribution in [3.05, 3.63) is 29.3 Å². The molecule has 1 aromatic rings. The standard InChI is InChI=1S/C13H14ClF2NO3S/c1-13(2)4-3-5-17(13)12(18)9-6-8(15)7-10(11(9)16)21(14,19)20/h6-7H,3-5H2,1-2H3. The van der Waals surface area contributed by atoms with Gasteiger partial charge in [-0.3, -0.25) is 4.79 Å². The summed E-state index contributed by atoms with van der Waals surface area (Å²) in [6.45, 7) is 4.04. The van der Waals surface area contributed by atoms with Crippen LogP contribution >= 0.6 is 10.7 Å². The quantitative estimate of drug-likeness (QED) is 0.780. The van der Waals surface area contributed by atoms with Crippen LogP contribution in [0.3, 0.4) is 0 Å². The molecular weight excluding hydrogens is 324 g/mol. The average molecular weight is 338 g/mol. The molecule has 21 heavy (non-hydrogen) atoms. The van der Waals surface area contributed by atoms with Gasteiger partial charge in [0.25, 0.3) is 15.0 Å². The van der Waals surface area contributed by atoms with Crippen molar-refractivity contribution in [2.45, 2.75) is 37.1 Å². The maximum atomic E-state index is 14.2. The SMILES string of the molecule is CC1(C)CCCN1C(=O)c1cc(F)cc(S(=O)(=O)Cl)c1F. The summed E-state index contributed by atoms with van der Waals surface area (Å²) in [5.41, 5.74) is -1.11. The second-order valence-electron chi connectivity index (χ2n) is 5.58. The van der Waals surface area contributed by atoms with Crippen LogP contribution in [0.15, 0.2) is 17.0 Å². The molecule has 1 fully saturated rings. The molecule has 1 heterocycles. The van der Waals surface area contributed by atoms with E-state index in [-0.39, 0.29) is 0 Å². The number of carbonyl (C=O) groups is 1. The first kappa shape index (κ1) is 16.2. The molecule has 116 valence electrons. The maximum absolute atomic E-state index is 14.2. The number of benzene rings is 1. The number of carbonyl (C=O) groups excluding carboxylic acids is 1. The molecule has 0 saturated carbocycles. The maximum Gasteiger partial charge on any atom is 0.264 e. The molecule has 1 amide bonds. The summed E-state index contributed by atoms with van der Waals surface area (Å²) >= 11 is 0. The van der Waals surface area contributed by atoms with E-state index in [4.69, 9.17) is 10.7 Å². The van der Waals surface area contributed by atoms with Crippen LogP contribution in [0.5, 0.6) is 0 Å². The molecule has 2 rings (SSSR count). The molecule has 8 heteroatoms. The first-order chi connectivity index (χ1) is 9.54. The summed E-state index contributed by atoms with van der Waals surface area (Å²) in [4.78, 5) is 12.8. The second-order valence-corrected chi connectivity index (χ2v) is 8.11. The topological polar surface area (TPSA) is 54.5 Å². The zero-order valence-corrected chi connectivity index (χ0v) is 13.1. The minimum Gasteiger partial charge on any atom is -0.333 e. The highest BCUT2D eigenvalue weighted by Crippen LogP contribution is 2.32. The van der Waals surface area contributed by atoms with E-state index in [1.165, 1.54) is 4.90 Å². The molecule has 0 bridgehead atoms. The van der Waals surface area contributed by atoms with E-state index in [9.17, 15) is 22.0 Å². The minimum atomic E-state index is -4.48. The minimum absolute atomic E-state index is 0.407. The van der Waals surface area contributed by atoms with Crippen LogP contribution < -0.4 is 0 Å². The van der Waals surface area contributed by atoms with Crippen LogP contribution in [-0.2, 0) is 9.05 Å². The van der Waals surface area contributed by atoms with Crippen LogP contribution in [0.4, 0.5) is 8.78 Å². The van der Waals surface area contributed by atoms with Crippen molar-refractivity contribution in [1.29, 1.82) is 0 Å². The lowest BCUT2D eigenvalue weighted by Gasteiger charge is -2.31. The van der Waals surface area contributed by atoms with Crippen molar-refractivity contribution in [2.24, 2.45) is 0 Å². The Morgan fingerprint density at radius 3 is 2.43 bits per heavy atom. The van der Waals surface area contributed by atoms with E-state index in [1.54, 1.807) is 0 Å². The van der Waals surface area contributed by atoms with E-state index < -0.39 is 42.6 Å². The number of nitrogens with zero attached hydrogens (tertiary/aromatic N) is 1. The third kappa shape index (κ3) is 3.03. The molecule has 0 aliphatic carbocycles. The lowest BCUT2D eigenvalue weighted by molar-refractivity contribution is 0.0646. The van der Waals surface area contributed by atoms with Gasteiger partial charge in [-0.15, -0.1) is 0 Å². The van der Waals surface area contributed by atoms with Crippen molar-refractivity contribution in [2.75, 3.05) is 6.54 Å². The van der Waals surface area contributed by atoms with Gasteiger partial charge in [0.15, 0.2) is 5.82 Å². The Hall–Kier alpha value is -1.21. The van der Waals surface area contributed by atoms with Gasteiger partial charge in [0, 0.05) is 22.8 Å². The zero-order chi connectivity index (χ0) is 16.0. The molecule has 0 spiro atoms. The summed E-state index contributed by atoms with van der Waals surface area (Å²) in [7, 11) is 0.591. The molecule has 1 aliphatic rings. The Kier molecular flexibility index (Phi) is 4.01. The first-order valence-corrected chi connectivity index (χ1v) is 8.60. The fourth-order valence-corrected chi connectivity index (χ4v) is 3.44. The van der Waals surface area contributed by atoms with E-state index >= 15 is 0 Å². The van der Waals surface area contributed by atoms with Gasteiger partial charge < -0.3 is 4.90 Å². The Morgan fingerprint density at radius 2 is 1.95 bits per heavy atom. The fraction of sp³-hybridized carbons (Fsp3) is 0.462. The lowest BCUT2D eigenvalue weighted by Crippen LogP contribution is -2.43. The number of hydrogen-bond donors (Lipinski definition) is 0. The molecular formula is C13H14ClF2NO3S. The van der Waals surface area contributed by atoms with Gasteiger partial charge in [-0.2, -0.15) is 0 Å². The Labute approximate surface area is 126 Å². The monoisotopic (exact) mass is 337 g/mol. The smallest absolute Gasteiger partial charge is 0.264 e. The number of halogens is 3. The molecule has 0 radical (unpaired) electrons. The Bertz CT molecular complexity index is 704. The third-order valence-corrected chi connectivity index (χ3v) is 4.96. The van der Waals surface area contributed by atoms with Crippen LogP contribution in [0.1, 0.15) is 37.0 Å². The van der Waals surface area contributed by atoms with Crippen molar-refractivity contribution in [1.82, 2.24) is 4.90 Å². The van der Waals surface area contributed by atoms with Gasteiger partial charge in [0.05, 0.1) is 5.56 Å². The average Bonchev–Trinajstić information content (AvgIpc) is 2.69. The highest BCUT2D eigenvalue weighted by molar-refractivity contribution is 8.13. The van der Waals surface area contributed by atoms with Crippen molar-refractivity contribution >= 4 is 25.6 Å². The van der Waals surface area contributed by atoms with Gasteiger partial charge >= 0.3 is 0 Å². The molecule has 1 saturated heterocycles. The van der Waals surface area contributed by atoms with Gasteiger partial charge in [-0.05, 0) is 38.8 Å². The largest absolute Gasteiger partial charge is 0.333 e. The van der Waals surface area contributed by atoms with Gasteiger partial charge in [0.2, 0.25) is 0 Å². The summed E-state index contributed by atoms with van der Waals surface area (Å²) in [5, 5.41) is 0. The van der Waals surface area contributed by atoms with Crippen molar-refractivity contribution in [3.63, 3.8) is 0 Å². The number of hydrogen-bond acceptors (Lipinski definition) is 3. The third-order valence-electron chi connectivity index (χ3n) is 3.64. The van der Waals surface area contributed by atoms with Crippen molar-refractivity contribution in [3.8, 4) is 0 Å². The number of rotatable bonds is 2. The first-order valence-electron chi connectivity index (χ1n) is 6.30. The Morgan fingerprint density at radius 1 is 1.33 bits per heavy atom. The van der Waals surface area contributed by atoms with Crippen LogP contribution in [0.2, 0.25) is 0 Å². The summed E-state index contributed by atoms with van der Waals surface area (Å²) < 4.78 is 50.3. The van der Waals surface area contributed by atoms with Gasteiger partial charge in [-0.1, -0.05) is 0 Å². The van der Waals surface area contributed by atoms with Crippen LogP contribution in [0, 0.1) is 11.6 Å². The van der Waals surface area contributed by atoms with E-state index in [2.05, 4.69) is 0 Å². The molecule has 0 aromatic heterocycles. The second kappa shape index (κ2) is 5.21. The Balaban J connectivity index is 2.55. The number of amides is 1. The molecule has 4 nitrogen and oxygen atoms in total. The zero-order valence-electron chi connectivity index (χ0n) is 11.5. The van der Waals surface area contributed by atoms with E-state index in [0.717, 1.165) is 12.8 Å². The lowest BCUT2D eigenvalue weighted by atomic mass is 10.0. The van der Waals surface area contributed by atoms with E-state index in [1.807, 2.05) is 13.8 Å². The molecule has 0 atom stereocenters.